The second-order valence-electron chi connectivity index (χ2n) is 7.14. The van der Waals surface area contributed by atoms with Crippen LogP contribution in [0.5, 0.6) is 0 Å². The van der Waals surface area contributed by atoms with Gasteiger partial charge < -0.3 is 30.7 Å². The number of benzene rings is 1. The lowest BCUT2D eigenvalue weighted by atomic mass is 10.1. The number of likely N-dealkylation sites (tertiary alicyclic amines) is 1. The molecule has 10 heteroatoms. The molecule has 3 rings (SSSR count). The third-order valence-corrected chi connectivity index (χ3v) is 4.95. The molecule has 5 N–H and O–H groups in total. The Morgan fingerprint density at radius 2 is 2.10 bits per heavy atom. The summed E-state index contributed by atoms with van der Waals surface area (Å²) >= 11 is 0. The highest BCUT2D eigenvalue weighted by atomic mass is 16.5. The van der Waals surface area contributed by atoms with Gasteiger partial charge in [-0.1, -0.05) is 35.5 Å². The maximum absolute atomic E-state index is 12.8. The number of aliphatic hydroxyl groups is 1. The van der Waals surface area contributed by atoms with Gasteiger partial charge in [-0.25, -0.2) is 9.59 Å². The fourth-order valence-electron chi connectivity index (χ4n) is 3.29. The second kappa shape index (κ2) is 9.01. The van der Waals surface area contributed by atoms with Crippen LogP contribution in [0.15, 0.2) is 34.9 Å². The van der Waals surface area contributed by atoms with E-state index in [-0.39, 0.29) is 11.7 Å². The summed E-state index contributed by atoms with van der Waals surface area (Å²) in [5, 5.41) is 25.6. The van der Waals surface area contributed by atoms with Crippen LogP contribution < -0.4 is 11.1 Å². The fraction of sp³-hybridized carbons (Fsp3) is 0.474. The van der Waals surface area contributed by atoms with E-state index in [4.69, 9.17) is 10.3 Å². The highest BCUT2D eigenvalue weighted by Crippen LogP contribution is 2.22. The van der Waals surface area contributed by atoms with Gasteiger partial charge in [-0.3, -0.25) is 0 Å². The number of hydrogen-bond donors (Lipinski definition) is 4. The zero-order chi connectivity index (χ0) is 21.0. The number of hydrogen-bond acceptors (Lipinski definition) is 7. The van der Waals surface area contributed by atoms with Crippen LogP contribution in [0.25, 0.3) is 0 Å². The first-order valence-corrected chi connectivity index (χ1v) is 9.48. The lowest BCUT2D eigenvalue weighted by Gasteiger charge is -2.24. The van der Waals surface area contributed by atoms with Gasteiger partial charge >= 0.3 is 12.0 Å². The Bertz CT molecular complexity index is 841. The lowest BCUT2D eigenvalue weighted by Crippen LogP contribution is -2.47. The average molecular weight is 403 g/mol. The van der Waals surface area contributed by atoms with Gasteiger partial charge in [-0.2, -0.15) is 4.98 Å². The first-order chi connectivity index (χ1) is 13.9. The monoisotopic (exact) mass is 403 g/mol. The number of aromatic nitrogens is 2. The van der Waals surface area contributed by atoms with Crippen LogP contribution >= 0.6 is 0 Å². The molecule has 1 saturated heterocycles. The number of aliphatic hydroxyl groups excluding tert-OH is 1. The smallest absolute Gasteiger partial charge is 0.326 e. The summed E-state index contributed by atoms with van der Waals surface area (Å²) in [4.78, 5) is 29.7. The minimum atomic E-state index is -1.03. The van der Waals surface area contributed by atoms with Gasteiger partial charge in [0.2, 0.25) is 5.89 Å². The number of nitrogens with zero attached hydrogens (tertiary/aromatic N) is 3. The quantitative estimate of drug-likeness (QED) is 0.533. The van der Waals surface area contributed by atoms with Crippen molar-refractivity contribution < 1.29 is 24.3 Å². The van der Waals surface area contributed by atoms with E-state index in [0.29, 0.717) is 25.8 Å². The number of carboxylic acids is 1. The SMILES string of the molecule is CC(O)[C@H](N)c1noc([C@H](Cc2ccccc2)NC(=O)N2CCC[C@H]2C(=O)O)n1. The van der Waals surface area contributed by atoms with E-state index in [9.17, 15) is 19.8 Å². The number of carbonyl (C=O) groups is 2. The highest BCUT2D eigenvalue weighted by molar-refractivity contribution is 5.83. The van der Waals surface area contributed by atoms with Crippen molar-refractivity contribution in [2.75, 3.05) is 6.54 Å². The van der Waals surface area contributed by atoms with Crippen molar-refractivity contribution in [2.24, 2.45) is 5.73 Å². The first kappa shape index (κ1) is 20.7. The minimum absolute atomic E-state index is 0.131. The number of aliphatic carboxylic acids is 1. The molecule has 29 heavy (non-hydrogen) atoms. The van der Waals surface area contributed by atoms with Gasteiger partial charge in [0.25, 0.3) is 0 Å². The maximum atomic E-state index is 12.8. The van der Waals surface area contributed by atoms with Gasteiger partial charge in [0, 0.05) is 13.0 Å². The summed E-state index contributed by atoms with van der Waals surface area (Å²) in [6, 6.07) is 6.56. The van der Waals surface area contributed by atoms with E-state index >= 15 is 0 Å². The van der Waals surface area contributed by atoms with E-state index in [2.05, 4.69) is 15.5 Å². The minimum Gasteiger partial charge on any atom is -0.480 e. The van der Waals surface area contributed by atoms with Crippen LogP contribution in [0.3, 0.4) is 0 Å². The van der Waals surface area contributed by atoms with Crippen molar-refractivity contribution in [3.05, 3.63) is 47.6 Å². The van der Waals surface area contributed by atoms with Crippen molar-refractivity contribution in [2.45, 2.75) is 50.4 Å². The highest BCUT2D eigenvalue weighted by Gasteiger charge is 2.35. The van der Waals surface area contributed by atoms with Crippen LogP contribution in [0.4, 0.5) is 4.79 Å². The number of rotatable bonds is 7. The van der Waals surface area contributed by atoms with Crippen LogP contribution in [0.1, 0.15) is 49.1 Å². The summed E-state index contributed by atoms with van der Waals surface area (Å²) in [5.74, 6) is -0.758. The van der Waals surface area contributed by atoms with Gasteiger partial charge in [0.15, 0.2) is 5.82 Å². The molecule has 2 aromatic rings. The molecule has 0 saturated carbocycles. The molecule has 0 aliphatic carbocycles. The summed E-state index contributed by atoms with van der Waals surface area (Å²) in [5.41, 5.74) is 6.78. The zero-order valence-electron chi connectivity index (χ0n) is 16.1. The van der Waals surface area contributed by atoms with Crippen molar-refractivity contribution in [1.29, 1.82) is 0 Å². The van der Waals surface area contributed by atoms with Crippen molar-refractivity contribution in [1.82, 2.24) is 20.4 Å². The summed E-state index contributed by atoms with van der Waals surface area (Å²) in [6.07, 6.45) is 0.536. The van der Waals surface area contributed by atoms with E-state index in [0.717, 1.165) is 5.56 Å². The maximum Gasteiger partial charge on any atom is 0.326 e. The molecule has 1 aliphatic heterocycles. The van der Waals surface area contributed by atoms with Gasteiger partial charge in [0.05, 0.1) is 12.1 Å². The third-order valence-electron chi connectivity index (χ3n) is 4.95. The number of carbonyl (C=O) groups excluding carboxylic acids is 1. The van der Waals surface area contributed by atoms with E-state index in [1.165, 1.54) is 11.8 Å². The molecule has 1 aromatic heterocycles. The molecule has 0 radical (unpaired) electrons. The van der Waals surface area contributed by atoms with Crippen LogP contribution in [0, 0.1) is 0 Å². The van der Waals surface area contributed by atoms with Crippen molar-refractivity contribution in [3.63, 3.8) is 0 Å². The van der Waals surface area contributed by atoms with Crippen LogP contribution in [-0.2, 0) is 11.2 Å². The Kier molecular flexibility index (Phi) is 6.45. The van der Waals surface area contributed by atoms with E-state index in [1.807, 2.05) is 30.3 Å². The lowest BCUT2D eigenvalue weighted by molar-refractivity contribution is -0.141. The number of carboxylic acid groups (broad SMARTS) is 1. The normalized spacial score (nSPS) is 19.6. The fourth-order valence-corrected chi connectivity index (χ4v) is 3.29. The third kappa shape index (κ3) is 4.90. The molecule has 10 nitrogen and oxygen atoms in total. The van der Waals surface area contributed by atoms with E-state index < -0.39 is 36.2 Å². The molecule has 0 bridgehead atoms. The Hall–Kier alpha value is -2.98. The molecule has 156 valence electrons. The molecule has 4 atom stereocenters. The Labute approximate surface area is 167 Å². The standard InChI is InChI=1S/C19H25N5O5/c1-11(25)15(20)16-22-17(29-23-16)13(10-12-6-3-2-4-7-12)21-19(28)24-9-5-8-14(24)18(26)27/h2-4,6-7,11,13-15,25H,5,8-10,20H2,1H3,(H,21,28)(H,26,27)/t11?,13-,14-,15-/m0/s1. The van der Waals surface area contributed by atoms with Gasteiger partial charge in [-0.05, 0) is 25.3 Å². The zero-order valence-corrected chi connectivity index (χ0v) is 16.1. The molecule has 1 fully saturated rings. The second-order valence-corrected chi connectivity index (χ2v) is 7.14. The number of nitrogens with one attached hydrogen (secondary N) is 1. The molecular formula is C19H25N5O5. The largest absolute Gasteiger partial charge is 0.480 e. The van der Waals surface area contributed by atoms with Crippen LogP contribution in [0.2, 0.25) is 0 Å². The summed E-state index contributed by atoms with van der Waals surface area (Å²) < 4.78 is 5.31. The summed E-state index contributed by atoms with van der Waals surface area (Å²) in [6.45, 7) is 1.88. The molecule has 2 heterocycles. The Balaban J connectivity index is 1.82. The van der Waals surface area contributed by atoms with Crippen molar-refractivity contribution in [3.8, 4) is 0 Å². The average Bonchev–Trinajstić information content (AvgIpc) is 3.37. The number of urea groups is 1. The topological polar surface area (TPSA) is 155 Å². The van der Waals surface area contributed by atoms with E-state index in [1.54, 1.807) is 0 Å². The predicted molar refractivity (Wildman–Crippen MR) is 102 cm³/mol. The van der Waals surface area contributed by atoms with Gasteiger partial charge in [-0.15, -0.1) is 0 Å². The molecule has 1 aromatic carbocycles. The summed E-state index contributed by atoms with van der Waals surface area (Å²) in [7, 11) is 0. The Morgan fingerprint density at radius 1 is 1.38 bits per heavy atom. The molecule has 1 unspecified atom stereocenters. The molecule has 0 spiro atoms. The molecule has 2 amide bonds. The number of nitrogens with two attached hydrogens (primary N) is 1. The van der Waals surface area contributed by atoms with Gasteiger partial charge in [0.1, 0.15) is 12.1 Å². The Morgan fingerprint density at radius 3 is 2.76 bits per heavy atom. The van der Waals surface area contributed by atoms with Crippen molar-refractivity contribution >= 4 is 12.0 Å². The molecule has 1 aliphatic rings. The number of amides is 2. The van der Waals surface area contributed by atoms with Crippen LogP contribution in [-0.4, -0.2) is 55.9 Å². The first-order valence-electron chi connectivity index (χ1n) is 9.48. The predicted octanol–water partition coefficient (Wildman–Crippen LogP) is 0.993. The molecular weight excluding hydrogens is 378 g/mol.